The fourth-order valence-electron chi connectivity index (χ4n) is 13.6. The number of benzene rings is 10. The predicted octanol–water partition coefficient (Wildman–Crippen LogP) is 31.5. The standard InChI is InChI=1S/C22H17NO3S2.C20H12BrNO3S2.C20H11Cl2NO3S2.C19H13BrClNO3S.C19H13Cl2NO3S/c1-12-3-6-14(7-4-12)16-11-27-21(19(16)22(25)26)23-20(24)18-10-15-9-13(2)5-8-17(15)28-18;21-14-4-1-11(2-5-14)15-10-27-19(17(15)20(24)25)22-18(23)13-3-6-16-12(9-13)7-8-26-16;21-12-2-3-13(15(22)8-12)14-9-28-19(17(14)20(25)26)23-18(24)11-1-4-16-10(7-11)5-6-27-16;1-10-2-7-13(15(21)8-10)17(23)22-18-16(19(24)25)14(9-26-18)11-3-5-12(20)6-4-11;1-10-2-4-11(5-3-10)17(23)22-18-16(19(24)25)14(9-26-18)13-7-6-12(20)8-15(13)21/h3-11H,1-2H3,(H,23,24)(H,25,26);1-10H,(H,22,23)(H,24,25);1-9H,(H,23,24)(H,25,26);2*2-9H,1H3,(H,22,23)(H,24,25). The smallest absolute Gasteiger partial charge is 0.339 e. The van der Waals surface area contributed by atoms with Crippen molar-refractivity contribution in [3.05, 3.63) is 373 Å². The van der Waals surface area contributed by atoms with Crippen molar-refractivity contribution in [3.63, 3.8) is 0 Å². The second kappa shape index (κ2) is 44.0. The van der Waals surface area contributed by atoms with E-state index in [0.29, 0.717) is 101 Å². The maximum absolute atomic E-state index is 12.7. The summed E-state index contributed by atoms with van der Waals surface area (Å²) in [5.74, 6) is -7.33. The van der Waals surface area contributed by atoms with Crippen molar-refractivity contribution in [1.29, 1.82) is 0 Å². The lowest BCUT2D eigenvalue weighted by molar-refractivity contribution is 0.0688. The number of thiophene rings is 8. The summed E-state index contributed by atoms with van der Waals surface area (Å²) in [5, 5.41) is 80.9. The molecule has 0 unspecified atom stereocenters. The molecule has 0 aliphatic rings. The number of carboxylic acid groups (broad SMARTS) is 5. The second-order valence-electron chi connectivity index (χ2n) is 29.5. The predicted molar refractivity (Wildman–Crippen MR) is 561 cm³/mol. The molecular formula is C100H66Br2Cl5N5O15S8. The van der Waals surface area contributed by atoms with Crippen molar-refractivity contribution in [2.75, 3.05) is 26.6 Å². The van der Waals surface area contributed by atoms with Crippen LogP contribution in [0.1, 0.15) is 125 Å². The summed E-state index contributed by atoms with van der Waals surface area (Å²) in [5.41, 5.74) is 12.3. The van der Waals surface area contributed by atoms with Gasteiger partial charge in [-0.25, -0.2) is 24.0 Å². The van der Waals surface area contributed by atoms with Gasteiger partial charge in [0.2, 0.25) is 0 Å². The van der Waals surface area contributed by atoms with Crippen LogP contribution in [-0.2, 0) is 0 Å². The number of amides is 5. The highest BCUT2D eigenvalue weighted by atomic mass is 79.9. The molecule has 20 nitrogen and oxygen atoms in total. The van der Waals surface area contributed by atoms with Crippen LogP contribution in [0.25, 0.3) is 85.9 Å². The molecule has 8 aromatic heterocycles. The molecule has 0 saturated heterocycles. The van der Waals surface area contributed by atoms with Crippen LogP contribution in [0.15, 0.2) is 271 Å². The normalized spacial score (nSPS) is 10.8. The Hall–Kier alpha value is -12.3. The molecule has 0 aliphatic heterocycles. The van der Waals surface area contributed by atoms with Crippen molar-refractivity contribution in [1.82, 2.24) is 0 Å². The molecule has 678 valence electrons. The van der Waals surface area contributed by atoms with Crippen molar-refractivity contribution in [2.45, 2.75) is 27.7 Å². The quantitative estimate of drug-likeness (QED) is 0.0339. The van der Waals surface area contributed by atoms with E-state index in [-0.39, 0.29) is 66.4 Å². The Balaban J connectivity index is 0.000000135. The number of rotatable bonds is 20. The monoisotopic (exact) mass is 2160 g/mol. The number of carbonyl (C=O) groups excluding carboxylic acids is 5. The molecule has 0 spiro atoms. The molecule has 18 rings (SSSR count). The number of aryl methyl sites for hydroxylation is 4. The highest BCUT2D eigenvalue weighted by Crippen LogP contribution is 2.45. The minimum absolute atomic E-state index is 0.000292. The molecule has 0 bridgehead atoms. The Bertz CT molecular complexity index is 7670. The second-order valence-corrected chi connectivity index (χ2v) is 40.8. The maximum atomic E-state index is 12.7. The van der Waals surface area contributed by atoms with E-state index in [1.165, 1.54) is 45.3 Å². The molecule has 0 aliphatic carbocycles. The van der Waals surface area contributed by atoms with Gasteiger partial charge in [-0.15, -0.1) is 90.7 Å². The largest absolute Gasteiger partial charge is 0.478 e. The first kappa shape index (κ1) is 98.7. The summed E-state index contributed by atoms with van der Waals surface area (Å²) in [6.45, 7) is 7.79. The molecule has 35 heteroatoms. The van der Waals surface area contributed by atoms with Gasteiger partial charge in [0, 0.05) is 126 Å². The third kappa shape index (κ3) is 23.8. The summed E-state index contributed by atoms with van der Waals surface area (Å²) in [4.78, 5) is 123. The lowest BCUT2D eigenvalue weighted by Crippen LogP contribution is -2.14. The number of aromatic carboxylic acids is 5. The van der Waals surface area contributed by atoms with Crippen LogP contribution in [0.5, 0.6) is 0 Å². The Labute approximate surface area is 843 Å². The molecule has 0 atom stereocenters. The van der Waals surface area contributed by atoms with Crippen LogP contribution in [0.2, 0.25) is 25.1 Å². The SMILES string of the molecule is Cc1ccc(-c2csc(NC(=O)c3cc4cc(C)ccc4s3)c2C(=O)O)cc1.Cc1ccc(C(=O)Nc2scc(-c3ccc(Br)cc3)c2C(=O)O)c(Cl)c1.Cc1ccc(C(=O)Nc2scc(-c3ccc(Cl)cc3Cl)c2C(=O)O)cc1.O=C(Nc1scc(-c2ccc(Br)cc2)c1C(=O)O)c1ccc2sccc2c1.O=C(Nc1scc(-c2ccc(Cl)cc2Cl)c1C(=O)O)c1ccc2sccc2c1. The number of carboxylic acids is 5. The summed E-state index contributed by atoms with van der Waals surface area (Å²) in [7, 11) is 0. The number of halogens is 7. The van der Waals surface area contributed by atoms with Gasteiger partial charge in [0.1, 0.15) is 52.8 Å². The first-order chi connectivity index (χ1) is 64.6. The van der Waals surface area contributed by atoms with E-state index in [4.69, 9.17) is 58.0 Å². The molecule has 135 heavy (non-hydrogen) atoms. The average molecular weight is 2170 g/mol. The third-order valence-corrected chi connectivity index (χ3v) is 30.1. The van der Waals surface area contributed by atoms with E-state index in [2.05, 4.69) is 58.4 Å². The highest BCUT2D eigenvalue weighted by molar-refractivity contribution is 9.10. The maximum Gasteiger partial charge on any atom is 0.339 e. The number of nitrogens with one attached hydrogen (secondary N) is 5. The van der Waals surface area contributed by atoms with E-state index in [1.54, 1.807) is 135 Å². The molecular weight excluding hydrogens is 2100 g/mol. The lowest BCUT2D eigenvalue weighted by Gasteiger charge is -2.08. The molecule has 10 N–H and O–H groups in total. The van der Waals surface area contributed by atoms with Gasteiger partial charge in [-0.3, -0.25) is 24.0 Å². The minimum atomic E-state index is -1.15. The molecule has 0 radical (unpaired) electrons. The van der Waals surface area contributed by atoms with Gasteiger partial charge >= 0.3 is 29.8 Å². The van der Waals surface area contributed by atoms with Gasteiger partial charge in [-0.05, 0) is 210 Å². The highest BCUT2D eigenvalue weighted by Gasteiger charge is 2.29. The number of hydrogen-bond donors (Lipinski definition) is 10. The summed E-state index contributed by atoms with van der Waals surface area (Å²) < 4.78 is 5.03. The molecule has 18 aromatic rings. The van der Waals surface area contributed by atoms with E-state index in [1.807, 2.05) is 178 Å². The van der Waals surface area contributed by atoms with Gasteiger partial charge in [0.05, 0.1) is 15.5 Å². The van der Waals surface area contributed by atoms with Gasteiger partial charge in [0.25, 0.3) is 29.5 Å². The molecule has 0 fully saturated rings. The van der Waals surface area contributed by atoms with Crippen molar-refractivity contribution < 1.29 is 73.5 Å². The van der Waals surface area contributed by atoms with Crippen LogP contribution in [0, 0.1) is 27.7 Å². The van der Waals surface area contributed by atoms with Gasteiger partial charge in [-0.2, -0.15) is 0 Å². The molecule has 8 heterocycles. The van der Waals surface area contributed by atoms with Crippen LogP contribution < -0.4 is 26.6 Å². The van der Waals surface area contributed by atoms with Gasteiger partial charge < -0.3 is 52.1 Å². The first-order valence-electron chi connectivity index (χ1n) is 39.7. The lowest BCUT2D eigenvalue weighted by atomic mass is 10.0. The van der Waals surface area contributed by atoms with Gasteiger partial charge in [0.15, 0.2) is 0 Å². The zero-order valence-electron chi connectivity index (χ0n) is 70.1. The van der Waals surface area contributed by atoms with Crippen molar-refractivity contribution in [3.8, 4) is 55.6 Å². The molecule has 10 aromatic carbocycles. The number of anilines is 5. The third-order valence-electron chi connectivity index (χ3n) is 20.3. The van der Waals surface area contributed by atoms with Gasteiger partial charge in [-0.1, -0.05) is 198 Å². The van der Waals surface area contributed by atoms with Crippen LogP contribution in [0.4, 0.5) is 25.0 Å². The van der Waals surface area contributed by atoms with Crippen molar-refractivity contribution >= 4 is 295 Å². The van der Waals surface area contributed by atoms with Crippen LogP contribution in [0.3, 0.4) is 0 Å². The van der Waals surface area contributed by atoms with Crippen LogP contribution >= 0.6 is 181 Å². The first-order valence-corrected chi connectivity index (χ1v) is 50.1. The van der Waals surface area contributed by atoms with E-state index < -0.39 is 35.8 Å². The Kier molecular flexibility index (Phi) is 32.2. The Morgan fingerprint density at radius 3 is 0.993 bits per heavy atom. The number of fused-ring (bicyclic) bond motifs is 3. The number of carbonyl (C=O) groups is 10. The zero-order chi connectivity index (χ0) is 96.3. The van der Waals surface area contributed by atoms with E-state index in [0.717, 1.165) is 101 Å². The Morgan fingerprint density at radius 1 is 0.274 bits per heavy atom. The fraction of sp³-hybridized carbons (Fsp3) is 0.0400. The summed E-state index contributed by atoms with van der Waals surface area (Å²) >= 11 is 47.6. The number of hydrogen-bond acceptors (Lipinski definition) is 18. The van der Waals surface area contributed by atoms with Crippen molar-refractivity contribution in [2.24, 2.45) is 0 Å². The van der Waals surface area contributed by atoms with Crippen LogP contribution in [-0.4, -0.2) is 84.9 Å². The molecule has 0 saturated carbocycles. The van der Waals surface area contributed by atoms with E-state index in [9.17, 15) is 73.5 Å². The fourth-order valence-corrected chi connectivity index (χ4v) is 22.7. The molecule has 5 amide bonds. The van der Waals surface area contributed by atoms with E-state index >= 15 is 0 Å². The minimum Gasteiger partial charge on any atom is -0.478 e. The topological polar surface area (TPSA) is 332 Å². The Morgan fingerprint density at radius 2 is 0.600 bits per heavy atom. The zero-order valence-corrected chi connectivity index (χ0v) is 83.6. The summed E-state index contributed by atoms with van der Waals surface area (Å²) in [6, 6.07) is 66.8. The average Bonchev–Trinajstić information content (AvgIpc) is 1.67. The summed E-state index contributed by atoms with van der Waals surface area (Å²) in [6.07, 6.45) is 0.